The van der Waals surface area contributed by atoms with Gasteiger partial charge in [-0.15, -0.1) is 29.0 Å². The van der Waals surface area contributed by atoms with Gasteiger partial charge in [0, 0.05) is 26.2 Å². The Morgan fingerprint density at radius 3 is 2.55 bits per heavy atom. The number of aryl methyl sites for hydroxylation is 2. The van der Waals surface area contributed by atoms with E-state index in [1.54, 1.807) is 0 Å². The van der Waals surface area contributed by atoms with E-state index in [0.717, 1.165) is 11.5 Å². The number of hydrogen-bond donors (Lipinski definition) is 0. The quantitative estimate of drug-likeness (QED) is 0.254. The Balaban J connectivity index is 0.00000181. The van der Waals surface area contributed by atoms with Crippen LogP contribution in [0, 0.1) is 6.92 Å². The molecule has 0 N–H and O–H groups in total. The van der Waals surface area contributed by atoms with Gasteiger partial charge in [0.2, 0.25) is 0 Å². The third kappa shape index (κ3) is 3.06. The molecular formula is C27H21OZr-. The molecule has 29 heavy (non-hydrogen) atoms. The van der Waals surface area contributed by atoms with E-state index in [1.165, 1.54) is 68.6 Å². The van der Waals surface area contributed by atoms with Crippen LogP contribution >= 0.6 is 0 Å². The summed E-state index contributed by atoms with van der Waals surface area (Å²) in [5.74, 6) is 1.91. The molecule has 0 saturated heterocycles. The molecule has 5 aromatic rings. The third-order valence-electron chi connectivity index (χ3n) is 6.15. The predicted molar refractivity (Wildman–Crippen MR) is 117 cm³/mol. The summed E-state index contributed by atoms with van der Waals surface area (Å²) in [6.07, 6.45) is 3.62. The number of rotatable bonds is 2. The molecule has 2 heteroatoms. The van der Waals surface area contributed by atoms with Gasteiger partial charge >= 0.3 is 0 Å². The SMILES string of the molecule is Cc1ccc(-c2cc3c(-c4ccc5ccccc5c4)c4c(cc3[cH-]2)CCC4)o1.[Zr]. The van der Waals surface area contributed by atoms with Gasteiger partial charge in [0.1, 0.15) is 0 Å². The molecule has 1 nitrogen and oxygen atoms in total. The van der Waals surface area contributed by atoms with Gasteiger partial charge in [-0.2, -0.15) is 0 Å². The summed E-state index contributed by atoms with van der Waals surface area (Å²) < 4.78 is 5.90. The van der Waals surface area contributed by atoms with Crippen LogP contribution in [0.1, 0.15) is 23.3 Å². The van der Waals surface area contributed by atoms with Crippen LogP contribution in [0.5, 0.6) is 0 Å². The van der Waals surface area contributed by atoms with Gasteiger partial charge in [0.25, 0.3) is 0 Å². The molecule has 0 amide bonds. The number of hydrogen-bond acceptors (Lipinski definition) is 1. The minimum Gasteiger partial charge on any atom is -0.496 e. The minimum absolute atomic E-state index is 0. The standard InChI is InChI=1S/C27H21O.Zr/c1-17-9-12-26(28-17)23-15-22-14-20-7-4-8-24(20)27(25(22)16-23)21-11-10-18-5-2-3-6-19(18)13-21;/h2-3,5-6,9-16H,4,7-8H2,1H3;/q-1;. The fraction of sp³-hybridized carbons (Fsp3) is 0.148. The van der Waals surface area contributed by atoms with Crippen molar-refractivity contribution in [2.24, 2.45) is 0 Å². The minimum atomic E-state index is 0. The number of furan rings is 1. The van der Waals surface area contributed by atoms with Crippen LogP contribution in [0.25, 0.3) is 44.0 Å². The number of benzene rings is 3. The van der Waals surface area contributed by atoms with E-state index in [9.17, 15) is 0 Å². The van der Waals surface area contributed by atoms with Gasteiger partial charge in [-0.1, -0.05) is 53.1 Å². The molecule has 0 atom stereocenters. The Bertz CT molecular complexity index is 1350. The van der Waals surface area contributed by atoms with Crippen molar-refractivity contribution in [1.82, 2.24) is 0 Å². The second kappa shape index (κ2) is 7.19. The zero-order valence-electron chi connectivity index (χ0n) is 16.5. The molecule has 0 radical (unpaired) electrons. The van der Waals surface area contributed by atoms with E-state index in [4.69, 9.17) is 4.42 Å². The zero-order chi connectivity index (χ0) is 18.7. The molecule has 4 aromatic carbocycles. The Hall–Kier alpha value is -2.31. The Labute approximate surface area is 189 Å². The molecule has 0 aliphatic heterocycles. The molecule has 0 spiro atoms. The Morgan fingerprint density at radius 1 is 0.862 bits per heavy atom. The monoisotopic (exact) mass is 451 g/mol. The largest absolute Gasteiger partial charge is 0.496 e. The first-order valence-corrected chi connectivity index (χ1v) is 10.1. The first kappa shape index (κ1) is 18.7. The summed E-state index contributed by atoms with van der Waals surface area (Å²) in [5, 5.41) is 5.27. The second-order valence-electron chi connectivity index (χ2n) is 7.96. The van der Waals surface area contributed by atoms with Crippen molar-refractivity contribution in [3.8, 4) is 22.5 Å². The molecule has 1 aliphatic rings. The van der Waals surface area contributed by atoms with E-state index < -0.39 is 0 Å². The van der Waals surface area contributed by atoms with Gasteiger partial charge in [-0.05, 0) is 66.3 Å². The van der Waals surface area contributed by atoms with E-state index >= 15 is 0 Å². The van der Waals surface area contributed by atoms with Crippen molar-refractivity contribution in [1.29, 1.82) is 0 Å². The van der Waals surface area contributed by atoms with E-state index in [1.807, 2.05) is 13.0 Å². The number of fused-ring (bicyclic) bond motifs is 3. The summed E-state index contributed by atoms with van der Waals surface area (Å²) in [6, 6.07) is 26.6. The maximum Gasteiger partial charge on any atom is 0.0896 e. The average molecular weight is 453 g/mol. The second-order valence-corrected chi connectivity index (χ2v) is 7.96. The molecule has 1 heterocycles. The third-order valence-corrected chi connectivity index (χ3v) is 6.15. The van der Waals surface area contributed by atoms with E-state index in [0.29, 0.717) is 0 Å². The van der Waals surface area contributed by atoms with Gasteiger partial charge in [-0.3, -0.25) is 0 Å². The van der Waals surface area contributed by atoms with Crippen molar-refractivity contribution in [2.45, 2.75) is 26.2 Å². The average Bonchev–Trinajstić information content (AvgIpc) is 3.44. The molecule has 140 valence electrons. The zero-order valence-corrected chi connectivity index (χ0v) is 18.9. The summed E-state index contributed by atoms with van der Waals surface area (Å²) in [7, 11) is 0. The van der Waals surface area contributed by atoms with Crippen LogP contribution in [-0.2, 0) is 39.0 Å². The topological polar surface area (TPSA) is 13.1 Å². The van der Waals surface area contributed by atoms with E-state index in [2.05, 4.69) is 66.7 Å². The van der Waals surface area contributed by atoms with Gasteiger partial charge < -0.3 is 4.42 Å². The normalized spacial score (nSPS) is 13.0. The first-order valence-electron chi connectivity index (χ1n) is 10.1. The molecule has 1 aromatic heterocycles. The van der Waals surface area contributed by atoms with Gasteiger partial charge in [-0.25, -0.2) is 0 Å². The van der Waals surface area contributed by atoms with Crippen LogP contribution in [0.2, 0.25) is 0 Å². The predicted octanol–water partition coefficient (Wildman–Crippen LogP) is 7.43. The Morgan fingerprint density at radius 2 is 1.72 bits per heavy atom. The van der Waals surface area contributed by atoms with Crippen molar-refractivity contribution in [2.75, 3.05) is 0 Å². The molecule has 0 bridgehead atoms. The molecule has 1 aliphatic carbocycles. The molecule has 0 saturated carbocycles. The van der Waals surface area contributed by atoms with Crippen molar-refractivity contribution in [3.63, 3.8) is 0 Å². The van der Waals surface area contributed by atoms with Crippen LogP contribution < -0.4 is 0 Å². The van der Waals surface area contributed by atoms with Crippen LogP contribution in [0.4, 0.5) is 0 Å². The summed E-state index contributed by atoms with van der Waals surface area (Å²) in [5.41, 5.74) is 6.98. The summed E-state index contributed by atoms with van der Waals surface area (Å²) in [6.45, 7) is 2.00. The maximum absolute atomic E-state index is 5.90. The van der Waals surface area contributed by atoms with Gasteiger partial charge in [0.15, 0.2) is 0 Å². The van der Waals surface area contributed by atoms with Crippen LogP contribution in [0.3, 0.4) is 0 Å². The first-order chi connectivity index (χ1) is 13.8. The fourth-order valence-corrected chi connectivity index (χ4v) is 4.83. The van der Waals surface area contributed by atoms with Crippen LogP contribution in [-0.4, -0.2) is 0 Å². The molecule has 0 unspecified atom stereocenters. The molecule has 0 fully saturated rings. The maximum atomic E-state index is 5.90. The van der Waals surface area contributed by atoms with Gasteiger partial charge in [0.05, 0.1) is 11.5 Å². The van der Waals surface area contributed by atoms with E-state index in [-0.39, 0.29) is 26.2 Å². The fourth-order valence-electron chi connectivity index (χ4n) is 4.83. The summed E-state index contributed by atoms with van der Waals surface area (Å²) >= 11 is 0. The summed E-state index contributed by atoms with van der Waals surface area (Å²) in [4.78, 5) is 0. The van der Waals surface area contributed by atoms with Crippen LogP contribution in [0.15, 0.2) is 77.2 Å². The molecular weight excluding hydrogens is 432 g/mol. The van der Waals surface area contributed by atoms with Crippen molar-refractivity contribution >= 4 is 21.5 Å². The molecule has 6 rings (SSSR count). The Kier molecular flexibility index (Phi) is 4.63. The van der Waals surface area contributed by atoms with Crippen molar-refractivity contribution in [3.05, 3.63) is 89.7 Å². The van der Waals surface area contributed by atoms with Crippen molar-refractivity contribution < 1.29 is 30.6 Å². The smallest absolute Gasteiger partial charge is 0.0896 e.